The molecule has 4 rings (SSSR count). The second kappa shape index (κ2) is 11.4. The number of amides is 2. The van der Waals surface area contributed by atoms with Crippen molar-refractivity contribution in [3.05, 3.63) is 35.9 Å². The third kappa shape index (κ3) is 5.89. The predicted octanol–water partition coefficient (Wildman–Crippen LogP) is 2.69. The molecule has 7 heteroatoms. The zero-order valence-corrected chi connectivity index (χ0v) is 21.5. The first kappa shape index (κ1) is 26.1. The summed E-state index contributed by atoms with van der Waals surface area (Å²) in [6.45, 7) is 11.2. The van der Waals surface area contributed by atoms with E-state index in [1.807, 2.05) is 37.3 Å². The number of rotatable bonds is 7. The Hall–Kier alpha value is -1.96. The van der Waals surface area contributed by atoms with Crippen molar-refractivity contribution >= 4 is 11.8 Å². The van der Waals surface area contributed by atoms with Gasteiger partial charge in [0.25, 0.3) is 5.91 Å². The van der Waals surface area contributed by atoms with Crippen LogP contribution >= 0.6 is 0 Å². The average molecular weight is 486 g/mol. The van der Waals surface area contributed by atoms with E-state index in [1.165, 1.54) is 0 Å². The molecule has 3 aliphatic rings. The molecule has 2 amide bonds. The summed E-state index contributed by atoms with van der Waals surface area (Å²) >= 11 is 0. The first-order chi connectivity index (χ1) is 16.8. The Morgan fingerprint density at radius 2 is 1.86 bits per heavy atom. The SMILES string of the molecule is C[C@H]1[C@@H]2[C@@H](O)[C@@H]([C@H](C)C(=O)NCCN3CCOCC3)CC[C@@]2(C)CC[C@@H]1NC(=O)c1ccccc1. The van der Waals surface area contributed by atoms with Gasteiger partial charge in [-0.15, -0.1) is 0 Å². The molecule has 35 heavy (non-hydrogen) atoms. The van der Waals surface area contributed by atoms with E-state index < -0.39 is 6.10 Å². The van der Waals surface area contributed by atoms with E-state index in [0.29, 0.717) is 12.1 Å². The van der Waals surface area contributed by atoms with Gasteiger partial charge in [0.1, 0.15) is 0 Å². The fraction of sp³-hybridized carbons (Fsp3) is 0.714. The molecule has 1 aliphatic heterocycles. The van der Waals surface area contributed by atoms with Crippen LogP contribution in [0.3, 0.4) is 0 Å². The van der Waals surface area contributed by atoms with Gasteiger partial charge in [-0.2, -0.15) is 0 Å². The number of benzene rings is 1. The Bertz CT molecular complexity index is 859. The van der Waals surface area contributed by atoms with Crippen molar-refractivity contribution in [1.82, 2.24) is 15.5 Å². The number of ether oxygens (including phenoxy) is 1. The van der Waals surface area contributed by atoms with Crippen molar-refractivity contribution in [2.24, 2.45) is 29.1 Å². The fourth-order valence-corrected chi connectivity index (χ4v) is 6.86. The Morgan fingerprint density at radius 1 is 1.17 bits per heavy atom. The molecule has 3 fully saturated rings. The molecule has 1 aromatic rings. The lowest BCUT2D eigenvalue weighted by Gasteiger charge is -2.56. The van der Waals surface area contributed by atoms with E-state index in [0.717, 1.165) is 58.5 Å². The number of nitrogens with one attached hydrogen (secondary N) is 2. The summed E-state index contributed by atoms with van der Waals surface area (Å²) in [5, 5.41) is 17.9. The van der Waals surface area contributed by atoms with Gasteiger partial charge in [-0.05, 0) is 61.0 Å². The van der Waals surface area contributed by atoms with E-state index in [9.17, 15) is 14.7 Å². The molecule has 1 aromatic carbocycles. The van der Waals surface area contributed by atoms with Gasteiger partial charge in [0.05, 0.1) is 19.3 Å². The van der Waals surface area contributed by atoms with E-state index in [1.54, 1.807) is 0 Å². The molecule has 3 N–H and O–H groups in total. The van der Waals surface area contributed by atoms with Gasteiger partial charge in [-0.25, -0.2) is 0 Å². The fourth-order valence-electron chi connectivity index (χ4n) is 6.86. The Morgan fingerprint density at radius 3 is 2.57 bits per heavy atom. The zero-order valence-electron chi connectivity index (χ0n) is 21.5. The quantitative estimate of drug-likeness (QED) is 0.553. The van der Waals surface area contributed by atoms with Crippen molar-refractivity contribution in [2.45, 2.75) is 58.6 Å². The summed E-state index contributed by atoms with van der Waals surface area (Å²) in [4.78, 5) is 28.1. The standard InChI is InChI=1S/C28H43N3O4/c1-19(26(33)29-13-14-31-15-17-35-18-16-31)22-9-11-28(3)12-10-23(20(2)24(28)25(22)32)30-27(34)21-7-5-4-6-8-21/h4-8,19-20,22-25,32H,9-18H2,1-3H3,(H,29,33)(H,30,34)/t19-,20+,22+,23-,24+,25-,28-/m0/s1. The molecule has 0 radical (unpaired) electrons. The number of aliphatic hydroxyl groups excluding tert-OH is 1. The molecule has 2 aliphatic carbocycles. The van der Waals surface area contributed by atoms with Crippen LogP contribution in [0.25, 0.3) is 0 Å². The van der Waals surface area contributed by atoms with Crippen LogP contribution in [-0.2, 0) is 9.53 Å². The summed E-state index contributed by atoms with van der Waals surface area (Å²) in [6.07, 6.45) is 3.21. The Labute approximate surface area is 210 Å². The summed E-state index contributed by atoms with van der Waals surface area (Å²) in [6, 6.07) is 9.34. The molecule has 194 valence electrons. The molecular weight excluding hydrogens is 442 g/mol. The molecule has 7 nitrogen and oxygen atoms in total. The van der Waals surface area contributed by atoms with Gasteiger partial charge in [-0.3, -0.25) is 14.5 Å². The topological polar surface area (TPSA) is 90.9 Å². The normalized spacial score (nSPS) is 34.5. The highest BCUT2D eigenvalue weighted by molar-refractivity contribution is 5.94. The average Bonchev–Trinajstić information content (AvgIpc) is 2.86. The number of hydrogen-bond acceptors (Lipinski definition) is 5. The Balaban J connectivity index is 1.36. The number of morpholine rings is 1. The minimum absolute atomic E-state index is 0.0202. The van der Waals surface area contributed by atoms with Gasteiger partial charge in [0.2, 0.25) is 5.91 Å². The van der Waals surface area contributed by atoms with Crippen molar-refractivity contribution in [2.75, 3.05) is 39.4 Å². The highest BCUT2D eigenvalue weighted by atomic mass is 16.5. The van der Waals surface area contributed by atoms with Crippen LogP contribution in [0, 0.1) is 29.1 Å². The lowest BCUT2D eigenvalue weighted by atomic mass is 9.51. The van der Waals surface area contributed by atoms with Crippen LogP contribution in [0.5, 0.6) is 0 Å². The lowest BCUT2D eigenvalue weighted by Crippen LogP contribution is -2.58. The molecule has 2 saturated carbocycles. The van der Waals surface area contributed by atoms with Crippen LogP contribution in [0.1, 0.15) is 56.8 Å². The minimum atomic E-state index is -0.555. The highest BCUT2D eigenvalue weighted by Gasteiger charge is 2.53. The summed E-state index contributed by atoms with van der Waals surface area (Å²) in [5.74, 6) is -0.145. The number of carbonyl (C=O) groups is 2. The molecule has 0 spiro atoms. The summed E-state index contributed by atoms with van der Waals surface area (Å²) in [5.41, 5.74) is 0.702. The first-order valence-corrected chi connectivity index (χ1v) is 13.4. The van der Waals surface area contributed by atoms with Crippen LogP contribution in [-0.4, -0.2) is 73.4 Å². The number of aliphatic hydroxyl groups is 1. The maximum absolute atomic E-state index is 13.0. The number of carbonyl (C=O) groups excluding carboxylic acids is 2. The monoisotopic (exact) mass is 485 g/mol. The van der Waals surface area contributed by atoms with Crippen molar-refractivity contribution in [1.29, 1.82) is 0 Å². The zero-order chi connectivity index (χ0) is 25.0. The summed E-state index contributed by atoms with van der Waals surface area (Å²) < 4.78 is 5.39. The maximum atomic E-state index is 13.0. The third-order valence-electron chi connectivity index (χ3n) is 9.13. The third-order valence-corrected chi connectivity index (χ3v) is 9.13. The van der Waals surface area contributed by atoms with Crippen molar-refractivity contribution in [3.8, 4) is 0 Å². The lowest BCUT2D eigenvalue weighted by molar-refractivity contribution is -0.142. The molecule has 1 heterocycles. The number of hydrogen-bond donors (Lipinski definition) is 3. The molecule has 1 saturated heterocycles. The molecule has 7 atom stereocenters. The number of fused-ring (bicyclic) bond motifs is 1. The Kier molecular flexibility index (Phi) is 8.50. The molecule has 0 bridgehead atoms. The first-order valence-electron chi connectivity index (χ1n) is 13.4. The summed E-state index contributed by atoms with van der Waals surface area (Å²) in [7, 11) is 0. The highest BCUT2D eigenvalue weighted by Crippen LogP contribution is 2.55. The predicted molar refractivity (Wildman–Crippen MR) is 136 cm³/mol. The number of nitrogens with zero attached hydrogens (tertiary/aromatic N) is 1. The van der Waals surface area contributed by atoms with Gasteiger partial charge >= 0.3 is 0 Å². The van der Waals surface area contributed by atoms with Crippen LogP contribution in [0.2, 0.25) is 0 Å². The van der Waals surface area contributed by atoms with E-state index >= 15 is 0 Å². The van der Waals surface area contributed by atoms with Crippen LogP contribution < -0.4 is 10.6 Å². The second-order valence-corrected chi connectivity index (χ2v) is 11.3. The van der Waals surface area contributed by atoms with E-state index in [4.69, 9.17) is 4.74 Å². The largest absolute Gasteiger partial charge is 0.392 e. The van der Waals surface area contributed by atoms with Gasteiger partial charge < -0.3 is 20.5 Å². The van der Waals surface area contributed by atoms with E-state index in [-0.39, 0.29) is 46.9 Å². The van der Waals surface area contributed by atoms with Crippen molar-refractivity contribution in [3.63, 3.8) is 0 Å². The molecule has 0 unspecified atom stereocenters. The molecule has 0 aromatic heterocycles. The van der Waals surface area contributed by atoms with E-state index in [2.05, 4.69) is 29.4 Å². The van der Waals surface area contributed by atoms with Gasteiger partial charge in [-0.1, -0.05) is 39.0 Å². The second-order valence-electron chi connectivity index (χ2n) is 11.3. The van der Waals surface area contributed by atoms with Gasteiger partial charge in [0, 0.05) is 43.7 Å². The maximum Gasteiger partial charge on any atom is 0.251 e. The minimum Gasteiger partial charge on any atom is -0.392 e. The van der Waals surface area contributed by atoms with Gasteiger partial charge in [0.15, 0.2) is 0 Å². The smallest absolute Gasteiger partial charge is 0.251 e. The molecular formula is C28H43N3O4. The van der Waals surface area contributed by atoms with Crippen molar-refractivity contribution < 1.29 is 19.4 Å². The van der Waals surface area contributed by atoms with Crippen LogP contribution in [0.15, 0.2) is 30.3 Å². The van der Waals surface area contributed by atoms with Crippen LogP contribution in [0.4, 0.5) is 0 Å².